The molecule has 3 heterocycles. The molecule has 2 N–H and O–H groups in total. The summed E-state index contributed by atoms with van der Waals surface area (Å²) in [5, 5.41) is 19.7. The summed E-state index contributed by atoms with van der Waals surface area (Å²) in [4.78, 5) is 36.8. The van der Waals surface area contributed by atoms with Crippen molar-refractivity contribution in [3.63, 3.8) is 0 Å². The van der Waals surface area contributed by atoms with E-state index in [1.165, 1.54) is 28.4 Å². The van der Waals surface area contributed by atoms with Gasteiger partial charge in [0.1, 0.15) is 17.1 Å². The van der Waals surface area contributed by atoms with Crippen LogP contribution in [0.2, 0.25) is 0 Å². The van der Waals surface area contributed by atoms with Gasteiger partial charge in [-0.15, -0.1) is 22.0 Å². The first-order chi connectivity index (χ1) is 11.9. The highest BCUT2D eigenvalue weighted by molar-refractivity contribution is 8.01. The highest BCUT2D eigenvalue weighted by Gasteiger charge is 2.54. The minimum Gasteiger partial charge on any atom is -0.477 e. The van der Waals surface area contributed by atoms with Gasteiger partial charge in [-0.3, -0.25) is 14.5 Å². The lowest BCUT2D eigenvalue weighted by Gasteiger charge is -2.49. The molecule has 9 nitrogen and oxygen atoms in total. The lowest BCUT2D eigenvalue weighted by Crippen LogP contribution is -2.70. The van der Waals surface area contributed by atoms with Gasteiger partial charge in [0.15, 0.2) is 0 Å². The second kappa shape index (κ2) is 7.08. The average molecular weight is 384 g/mol. The molecular formula is C14H16N4O5S2. The van der Waals surface area contributed by atoms with Gasteiger partial charge >= 0.3 is 5.97 Å². The molecule has 2 amide bonds. The number of β-lactam (4-membered cyclic amide) rings is 1. The van der Waals surface area contributed by atoms with Gasteiger partial charge in [-0.2, -0.15) is 0 Å². The predicted molar refractivity (Wildman–Crippen MR) is 89.7 cm³/mol. The minimum absolute atomic E-state index is 0.0144. The van der Waals surface area contributed by atoms with E-state index < -0.39 is 17.9 Å². The van der Waals surface area contributed by atoms with Crippen LogP contribution in [0, 0.1) is 6.92 Å². The summed E-state index contributed by atoms with van der Waals surface area (Å²) in [6, 6.07) is -0.667. The van der Waals surface area contributed by atoms with E-state index in [1.807, 2.05) is 0 Å². The number of carbonyl (C=O) groups excluding carboxylic acids is 2. The van der Waals surface area contributed by atoms with E-state index in [4.69, 9.17) is 4.42 Å². The fraction of sp³-hybridized carbons (Fsp3) is 0.500. The van der Waals surface area contributed by atoms with E-state index in [0.717, 1.165) is 0 Å². The van der Waals surface area contributed by atoms with Gasteiger partial charge in [-0.05, 0) is 5.57 Å². The van der Waals surface area contributed by atoms with Gasteiger partial charge < -0.3 is 14.8 Å². The van der Waals surface area contributed by atoms with Crippen molar-refractivity contribution in [3.8, 4) is 0 Å². The first kappa shape index (κ1) is 17.8. The fourth-order valence-corrected chi connectivity index (χ4v) is 4.85. The first-order valence-electron chi connectivity index (χ1n) is 7.54. The van der Waals surface area contributed by atoms with Crippen LogP contribution in [0.15, 0.2) is 20.9 Å². The van der Waals surface area contributed by atoms with E-state index in [2.05, 4.69) is 15.5 Å². The molecule has 2 atom stereocenters. The summed E-state index contributed by atoms with van der Waals surface area (Å²) < 4.78 is 5.26. The Labute approximate surface area is 151 Å². The molecule has 2 aliphatic heterocycles. The van der Waals surface area contributed by atoms with Crippen molar-refractivity contribution in [2.45, 2.75) is 36.9 Å². The Bertz CT molecular complexity index is 762. The van der Waals surface area contributed by atoms with Crippen LogP contribution in [0.3, 0.4) is 0 Å². The zero-order chi connectivity index (χ0) is 18.1. The predicted octanol–water partition coefficient (Wildman–Crippen LogP) is 0.619. The molecule has 25 heavy (non-hydrogen) atoms. The van der Waals surface area contributed by atoms with Gasteiger partial charge in [0.25, 0.3) is 11.1 Å². The van der Waals surface area contributed by atoms with Crippen molar-refractivity contribution in [1.29, 1.82) is 0 Å². The number of aromatic nitrogens is 2. The highest BCUT2D eigenvalue weighted by Crippen LogP contribution is 2.41. The number of aryl methyl sites for hydroxylation is 1. The van der Waals surface area contributed by atoms with Crippen LogP contribution in [0.4, 0.5) is 0 Å². The number of nitrogens with one attached hydrogen (secondary N) is 1. The second-order valence-corrected chi connectivity index (χ2v) is 7.47. The number of hydrogen-bond donors (Lipinski definition) is 2. The van der Waals surface area contributed by atoms with Crippen LogP contribution in [0.25, 0.3) is 0 Å². The number of thioether (sulfide) groups is 2. The molecule has 1 aromatic heterocycles. The smallest absolute Gasteiger partial charge is 0.352 e. The van der Waals surface area contributed by atoms with Crippen LogP contribution in [0.5, 0.6) is 0 Å². The van der Waals surface area contributed by atoms with E-state index >= 15 is 0 Å². The number of hydrogen-bond acceptors (Lipinski definition) is 8. The van der Waals surface area contributed by atoms with Gasteiger partial charge in [0.05, 0.1) is 0 Å². The molecule has 0 spiro atoms. The molecule has 0 radical (unpaired) electrons. The Morgan fingerprint density at radius 3 is 2.84 bits per heavy atom. The number of carboxylic acids is 1. The zero-order valence-electron chi connectivity index (χ0n) is 13.5. The standard InChI is InChI=1S/C14H16N4O5S2/c1-3-8(19)15-9-11(20)18-10(13(21)22)7(4-24-12(9)18)5-25-14-17-16-6(2)23-14/h9,12H,3-5H2,1-2H3,(H,15,19)(H,21,22)/t9?,12-/m1/s1. The van der Waals surface area contributed by atoms with Gasteiger partial charge in [-0.25, -0.2) is 4.79 Å². The van der Waals surface area contributed by atoms with Crippen LogP contribution in [-0.4, -0.2) is 60.9 Å². The lowest BCUT2D eigenvalue weighted by atomic mass is 10.0. The molecule has 1 aromatic rings. The maximum absolute atomic E-state index is 12.3. The van der Waals surface area contributed by atoms with Crippen molar-refractivity contribution in [2.24, 2.45) is 0 Å². The number of carbonyl (C=O) groups is 3. The van der Waals surface area contributed by atoms with Crippen molar-refractivity contribution in [2.75, 3.05) is 11.5 Å². The third-order valence-corrected chi connectivity index (χ3v) is 6.01. The highest BCUT2D eigenvalue weighted by atomic mass is 32.2. The molecular weight excluding hydrogens is 368 g/mol. The Morgan fingerprint density at radius 1 is 1.48 bits per heavy atom. The maximum atomic E-state index is 12.3. The molecule has 0 saturated carbocycles. The summed E-state index contributed by atoms with van der Waals surface area (Å²) >= 11 is 2.67. The average Bonchev–Trinajstić information content (AvgIpc) is 3.01. The number of nitrogens with zero attached hydrogens (tertiary/aromatic N) is 3. The van der Waals surface area contributed by atoms with Crippen molar-refractivity contribution >= 4 is 41.3 Å². The number of amides is 2. The first-order valence-corrected chi connectivity index (χ1v) is 9.58. The largest absolute Gasteiger partial charge is 0.477 e. The van der Waals surface area contributed by atoms with Crippen LogP contribution >= 0.6 is 23.5 Å². The lowest BCUT2D eigenvalue weighted by molar-refractivity contribution is -0.150. The Hall–Kier alpha value is -2.01. The topological polar surface area (TPSA) is 126 Å². The molecule has 1 fully saturated rings. The molecule has 134 valence electrons. The Kier molecular flexibility index (Phi) is 5.04. The number of aliphatic carboxylic acids is 1. The van der Waals surface area contributed by atoms with Gasteiger partial charge in [0.2, 0.25) is 11.8 Å². The van der Waals surface area contributed by atoms with Crippen molar-refractivity contribution in [1.82, 2.24) is 20.4 Å². The summed E-state index contributed by atoms with van der Waals surface area (Å²) in [6.07, 6.45) is 0.272. The molecule has 0 bridgehead atoms. The number of rotatable bonds is 6. The Morgan fingerprint density at radius 2 is 2.24 bits per heavy atom. The molecule has 0 aromatic carbocycles. The van der Waals surface area contributed by atoms with E-state index in [9.17, 15) is 19.5 Å². The Balaban J connectivity index is 1.76. The summed E-state index contributed by atoms with van der Waals surface area (Å²) in [7, 11) is 0. The summed E-state index contributed by atoms with van der Waals surface area (Å²) in [6.45, 7) is 3.37. The van der Waals surface area contributed by atoms with Crippen molar-refractivity contribution in [3.05, 3.63) is 17.2 Å². The monoisotopic (exact) mass is 384 g/mol. The van der Waals surface area contributed by atoms with E-state index in [-0.39, 0.29) is 23.4 Å². The third kappa shape index (κ3) is 3.38. The van der Waals surface area contributed by atoms with Crippen LogP contribution < -0.4 is 5.32 Å². The van der Waals surface area contributed by atoms with Gasteiger partial charge in [0, 0.05) is 24.9 Å². The van der Waals surface area contributed by atoms with E-state index in [0.29, 0.717) is 28.2 Å². The minimum atomic E-state index is -1.16. The SMILES string of the molecule is CCC(=O)NC1C(=O)N2C(C(=O)O)=C(CSc3nnc(C)o3)CS[C@H]12. The fourth-order valence-electron chi connectivity index (χ4n) is 2.56. The van der Waals surface area contributed by atoms with Crippen molar-refractivity contribution < 1.29 is 23.9 Å². The van der Waals surface area contributed by atoms with Gasteiger partial charge in [-0.1, -0.05) is 18.7 Å². The molecule has 3 rings (SSSR count). The van der Waals surface area contributed by atoms with Crippen LogP contribution in [-0.2, 0) is 14.4 Å². The van der Waals surface area contributed by atoms with E-state index in [1.54, 1.807) is 13.8 Å². The molecule has 11 heteroatoms. The maximum Gasteiger partial charge on any atom is 0.352 e. The molecule has 2 aliphatic rings. The molecule has 1 unspecified atom stereocenters. The zero-order valence-corrected chi connectivity index (χ0v) is 15.1. The molecule has 0 aliphatic carbocycles. The molecule has 1 saturated heterocycles. The second-order valence-electron chi connectivity index (χ2n) is 5.44. The number of fused-ring (bicyclic) bond motifs is 1. The third-order valence-electron chi connectivity index (χ3n) is 3.76. The number of carboxylic acid groups (broad SMARTS) is 1. The summed E-state index contributed by atoms with van der Waals surface area (Å²) in [5.41, 5.74) is 0.600. The normalized spacial score (nSPS) is 22.5. The summed E-state index contributed by atoms with van der Waals surface area (Å²) in [5.74, 6) is -0.565. The van der Waals surface area contributed by atoms with Crippen LogP contribution in [0.1, 0.15) is 19.2 Å². The quantitative estimate of drug-likeness (QED) is 0.536.